The van der Waals surface area contributed by atoms with Crippen molar-refractivity contribution in [1.82, 2.24) is 0 Å². The molecule has 2 rings (SSSR count). The Kier molecular flexibility index (Phi) is 3.25. The molecule has 2 aromatic carbocycles. The third kappa shape index (κ3) is 2.53. The second-order valence-electron chi connectivity index (χ2n) is 4.10. The molecule has 0 aliphatic heterocycles. The number of halogens is 1. The van der Waals surface area contributed by atoms with Gasteiger partial charge in [-0.1, -0.05) is 17.7 Å². The van der Waals surface area contributed by atoms with E-state index < -0.39 is 0 Å². The summed E-state index contributed by atoms with van der Waals surface area (Å²) in [4.78, 5) is 2.05. The van der Waals surface area contributed by atoms with Crippen LogP contribution in [0, 0.1) is 6.92 Å². The third-order valence-electron chi connectivity index (χ3n) is 2.76. The fourth-order valence-corrected chi connectivity index (χ4v) is 1.87. The van der Waals surface area contributed by atoms with Crippen molar-refractivity contribution >= 4 is 28.7 Å². The van der Waals surface area contributed by atoms with Crippen molar-refractivity contribution < 1.29 is 0 Å². The standard InChI is InChI=1S/C14H15ClN2/c1-10-3-8-13(16)14(9-10)17(2)12-6-4-11(15)5-7-12/h3-9H,16H2,1-2H3. The summed E-state index contributed by atoms with van der Waals surface area (Å²) in [5, 5.41) is 0.736. The van der Waals surface area contributed by atoms with E-state index in [1.54, 1.807) is 0 Å². The maximum atomic E-state index is 5.99. The summed E-state index contributed by atoms with van der Waals surface area (Å²) in [6.45, 7) is 2.05. The van der Waals surface area contributed by atoms with E-state index in [2.05, 4.69) is 17.9 Å². The van der Waals surface area contributed by atoms with Gasteiger partial charge >= 0.3 is 0 Å². The molecule has 0 bridgehead atoms. The fourth-order valence-electron chi connectivity index (χ4n) is 1.75. The molecule has 2 nitrogen and oxygen atoms in total. The first-order valence-electron chi connectivity index (χ1n) is 5.43. The Morgan fingerprint density at radius 2 is 1.71 bits per heavy atom. The van der Waals surface area contributed by atoms with E-state index in [0.717, 1.165) is 22.1 Å². The number of nitrogens with two attached hydrogens (primary N) is 1. The molecule has 3 heteroatoms. The highest BCUT2D eigenvalue weighted by Gasteiger charge is 2.07. The number of nitrogen functional groups attached to an aromatic ring is 1. The first kappa shape index (κ1) is 11.8. The van der Waals surface area contributed by atoms with Crippen LogP contribution in [-0.4, -0.2) is 7.05 Å². The Balaban J connectivity index is 2.39. The Hall–Kier alpha value is -1.67. The van der Waals surface area contributed by atoms with Crippen molar-refractivity contribution in [2.45, 2.75) is 6.92 Å². The molecule has 0 aliphatic rings. The molecule has 2 N–H and O–H groups in total. The minimum absolute atomic E-state index is 0.736. The van der Waals surface area contributed by atoms with Crippen LogP contribution in [-0.2, 0) is 0 Å². The Morgan fingerprint density at radius 1 is 1.06 bits per heavy atom. The van der Waals surface area contributed by atoms with Gasteiger partial charge in [-0.15, -0.1) is 0 Å². The summed E-state index contributed by atoms with van der Waals surface area (Å²) in [5.41, 5.74) is 10.0. The van der Waals surface area contributed by atoms with Gasteiger partial charge in [0.25, 0.3) is 0 Å². The lowest BCUT2D eigenvalue weighted by Crippen LogP contribution is -2.11. The van der Waals surface area contributed by atoms with Crippen LogP contribution in [0.4, 0.5) is 17.1 Å². The minimum Gasteiger partial charge on any atom is -0.397 e. The molecule has 0 unspecified atom stereocenters. The van der Waals surface area contributed by atoms with E-state index >= 15 is 0 Å². The Morgan fingerprint density at radius 3 is 2.35 bits per heavy atom. The molecule has 88 valence electrons. The van der Waals surface area contributed by atoms with Crippen LogP contribution in [0.1, 0.15) is 5.56 Å². The lowest BCUT2D eigenvalue weighted by atomic mass is 10.1. The summed E-state index contributed by atoms with van der Waals surface area (Å²) < 4.78 is 0. The highest BCUT2D eigenvalue weighted by atomic mass is 35.5. The molecule has 0 spiro atoms. The lowest BCUT2D eigenvalue weighted by Gasteiger charge is -2.21. The largest absolute Gasteiger partial charge is 0.397 e. The Bertz CT molecular complexity index is 520. The van der Waals surface area contributed by atoms with Crippen LogP contribution in [0.5, 0.6) is 0 Å². The number of hydrogen-bond acceptors (Lipinski definition) is 2. The van der Waals surface area contributed by atoms with Crippen LogP contribution in [0.3, 0.4) is 0 Å². The second-order valence-corrected chi connectivity index (χ2v) is 4.53. The van der Waals surface area contributed by atoms with Crippen LogP contribution in [0.15, 0.2) is 42.5 Å². The van der Waals surface area contributed by atoms with E-state index in [4.69, 9.17) is 17.3 Å². The van der Waals surface area contributed by atoms with Gasteiger partial charge in [0.2, 0.25) is 0 Å². The first-order valence-corrected chi connectivity index (χ1v) is 5.81. The summed E-state index contributed by atoms with van der Waals surface area (Å²) in [5.74, 6) is 0. The van der Waals surface area contributed by atoms with Crippen molar-refractivity contribution in [3.63, 3.8) is 0 Å². The summed E-state index contributed by atoms with van der Waals surface area (Å²) in [6.07, 6.45) is 0. The quantitative estimate of drug-likeness (QED) is 0.812. The summed E-state index contributed by atoms with van der Waals surface area (Å²) in [6, 6.07) is 13.7. The molecular formula is C14H15ClN2. The molecule has 0 saturated carbocycles. The van der Waals surface area contributed by atoms with Gasteiger partial charge in [-0.25, -0.2) is 0 Å². The fraction of sp³-hybridized carbons (Fsp3) is 0.143. The van der Waals surface area contributed by atoms with Gasteiger partial charge in [0.1, 0.15) is 0 Å². The summed E-state index contributed by atoms with van der Waals surface area (Å²) in [7, 11) is 1.99. The molecule has 0 radical (unpaired) electrons. The van der Waals surface area contributed by atoms with Crippen molar-refractivity contribution in [3.05, 3.63) is 53.1 Å². The van der Waals surface area contributed by atoms with E-state index in [1.165, 1.54) is 5.56 Å². The van der Waals surface area contributed by atoms with Gasteiger partial charge in [-0.3, -0.25) is 0 Å². The number of benzene rings is 2. The zero-order chi connectivity index (χ0) is 12.4. The normalized spacial score (nSPS) is 10.3. The number of hydrogen-bond donors (Lipinski definition) is 1. The Labute approximate surface area is 107 Å². The van der Waals surface area contributed by atoms with Crippen molar-refractivity contribution in [2.24, 2.45) is 0 Å². The zero-order valence-corrected chi connectivity index (χ0v) is 10.7. The molecule has 0 atom stereocenters. The number of nitrogens with zero attached hydrogens (tertiary/aromatic N) is 1. The number of aryl methyl sites for hydroxylation is 1. The van der Waals surface area contributed by atoms with E-state index in [-0.39, 0.29) is 0 Å². The highest BCUT2D eigenvalue weighted by Crippen LogP contribution is 2.30. The average Bonchev–Trinajstić information content (AvgIpc) is 2.32. The molecule has 0 saturated heterocycles. The SMILES string of the molecule is Cc1ccc(N)c(N(C)c2ccc(Cl)cc2)c1. The molecule has 0 heterocycles. The van der Waals surface area contributed by atoms with Gasteiger partial charge in [0, 0.05) is 17.8 Å². The van der Waals surface area contributed by atoms with Crippen LogP contribution >= 0.6 is 11.6 Å². The topological polar surface area (TPSA) is 29.3 Å². The van der Waals surface area contributed by atoms with Crippen molar-refractivity contribution in [1.29, 1.82) is 0 Å². The maximum absolute atomic E-state index is 5.99. The van der Waals surface area contributed by atoms with Crippen molar-refractivity contribution in [3.8, 4) is 0 Å². The predicted octanol–water partition coefficient (Wildman–Crippen LogP) is 4.00. The van der Waals surface area contributed by atoms with Gasteiger partial charge in [0.05, 0.1) is 11.4 Å². The predicted molar refractivity (Wildman–Crippen MR) is 75.1 cm³/mol. The zero-order valence-electron chi connectivity index (χ0n) is 9.94. The first-order chi connectivity index (χ1) is 8.08. The van der Waals surface area contributed by atoms with E-state index in [1.807, 2.05) is 43.4 Å². The van der Waals surface area contributed by atoms with Crippen LogP contribution in [0.25, 0.3) is 0 Å². The molecule has 0 aliphatic carbocycles. The third-order valence-corrected chi connectivity index (χ3v) is 3.01. The molecule has 0 amide bonds. The van der Waals surface area contributed by atoms with Gasteiger partial charge < -0.3 is 10.6 Å². The number of anilines is 3. The van der Waals surface area contributed by atoms with Crippen LogP contribution < -0.4 is 10.6 Å². The van der Waals surface area contributed by atoms with Gasteiger partial charge in [-0.2, -0.15) is 0 Å². The van der Waals surface area contributed by atoms with Gasteiger partial charge in [-0.05, 0) is 48.9 Å². The van der Waals surface area contributed by atoms with Crippen LogP contribution in [0.2, 0.25) is 5.02 Å². The van der Waals surface area contributed by atoms with E-state index in [0.29, 0.717) is 0 Å². The highest BCUT2D eigenvalue weighted by molar-refractivity contribution is 6.30. The second kappa shape index (κ2) is 4.68. The molecular weight excluding hydrogens is 232 g/mol. The molecule has 0 aromatic heterocycles. The molecule has 0 fully saturated rings. The molecule has 17 heavy (non-hydrogen) atoms. The maximum Gasteiger partial charge on any atom is 0.0644 e. The molecule has 2 aromatic rings. The number of rotatable bonds is 2. The average molecular weight is 247 g/mol. The minimum atomic E-state index is 0.736. The lowest BCUT2D eigenvalue weighted by molar-refractivity contribution is 1.20. The summed E-state index contributed by atoms with van der Waals surface area (Å²) >= 11 is 5.88. The van der Waals surface area contributed by atoms with E-state index in [9.17, 15) is 0 Å². The smallest absolute Gasteiger partial charge is 0.0644 e. The monoisotopic (exact) mass is 246 g/mol. The van der Waals surface area contributed by atoms with Gasteiger partial charge in [0.15, 0.2) is 0 Å². The van der Waals surface area contributed by atoms with Crippen molar-refractivity contribution in [2.75, 3.05) is 17.7 Å².